The van der Waals surface area contributed by atoms with E-state index >= 15 is 0 Å². The number of hydrogen-bond donors (Lipinski definition) is 2. The molecule has 0 bridgehead atoms. The molecule has 1 aliphatic heterocycles. The first kappa shape index (κ1) is 15.5. The smallest absolute Gasteiger partial charge is 0.222 e. The number of nitrogens with one attached hydrogen (secondary N) is 1. The first-order valence-corrected chi connectivity index (χ1v) is 7.56. The van der Waals surface area contributed by atoms with E-state index in [0.717, 1.165) is 18.7 Å². The van der Waals surface area contributed by atoms with Crippen LogP contribution in [0.5, 0.6) is 5.75 Å². The van der Waals surface area contributed by atoms with Gasteiger partial charge in [-0.05, 0) is 18.6 Å². The van der Waals surface area contributed by atoms with E-state index < -0.39 is 0 Å². The summed E-state index contributed by atoms with van der Waals surface area (Å²) in [6, 6.07) is 8.18. The van der Waals surface area contributed by atoms with Crippen molar-refractivity contribution in [2.45, 2.75) is 12.3 Å². The number of ether oxygens (including phenoxy) is 2. The summed E-state index contributed by atoms with van der Waals surface area (Å²) < 4.78 is 24.2. The van der Waals surface area contributed by atoms with Crippen LogP contribution in [-0.4, -0.2) is 36.3 Å². The molecule has 2 aromatic rings. The summed E-state index contributed by atoms with van der Waals surface area (Å²) >= 11 is 0. The first-order chi connectivity index (χ1) is 11.2. The van der Waals surface area contributed by atoms with E-state index in [4.69, 9.17) is 15.2 Å². The van der Waals surface area contributed by atoms with Crippen molar-refractivity contribution < 1.29 is 13.9 Å². The van der Waals surface area contributed by atoms with E-state index in [0.29, 0.717) is 25.6 Å². The largest absolute Gasteiger partial charge is 0.489 e. The lowest BCUT2D eigenvalue weighted by molar-refractivity contribution is 0.193. The maximum absolute atomic E-state index is 13.4. The molecule has 0 saturated carbocycles. The molecule has 7 heteroatoms. The van der Waals surface area contributed by atoms with Crippen LogP contribution in [0, 0.1) is 5.82 Å². The number of nitrogen functional groups attached to an aromatic ring is 1. The summed E-state index contributed by atoms with van der Waals surface area (Å²) in [5, 5.41) is 3.12. The Kier molecular flexibility index (Phi) is 4.87. The normalized spacial score (nSPS) is 17.2. The van der Waals surface area contributed by atoms with Crippen LogP contribution in [0.3, 0.4) is 0 Å². The van der Waals surface area contributed by atoms with Crippen LogP contribution in [0.15, 0.2) is 30.3 Å². The Morgan fingerprint density at radius 2 is 2.22 bits per heavy atom. The zero-order valence-corrected chi connectivity index (χ0v) is 12.7. The molecule has 3 rings (SSSR count). The van der Waals surface area contributed by atoms with Gasteiger partial charge in [0.1, 0.15) is 12.4 Å². The quantitative estimate of drug-likeness (QED) is 0.795. The molecule has 2 heterocycles. The zero-order valence-electron chi connectivity index (χ0n) is 12.7. The van der Waals surface area contributed by atoms with Gasteiger partial charge in [0, 0.05) is 18.6 Å². The molecule has 1 aliphatic rings. The summed E-state index contributed by atoms with van der Waals surface area (Å²) in [7, 11) is 0. The van der Waals surface area contributed by atoms with Crippen LogP contribution in [-0.2, 0) is 4.74 Å². The van der Waals surface area contributed by atoms with Gasteiger partial charge in [0.15, 0.2) is 11.6 Å². The second kappa shape index (κ2) is 7.23. The van der Waals surface area contributed by atoms with Crippen LogP contribution in [0.4, 0.5) is 16.2 Å². The van der Waals surface area contributed by atoms with Crippen molar-refractivity contribution in [2.75, 3.05) is 37.4 Å². The van der Waals surface area contributed by atoms with Crippen molar-refractivity contribution in [2.24, 2.45) is 0 Å². The maximum atomic E-state index is 13.4. The first-order valence-electron chi connectivity index (χ1n) is 7.56. The molecule has 0 amide bonds. The van der Waals surface area contributed by atoms with Gasteiger partial charge in [-0.25, -0.2) is 9.37 Å². The number of hydrogen-bond acceptors (Lipinski definition) is 6. The molecular formula is C16H19FN4O2. The van der Waals surface area contributed by atoms with Gasteiger partial charge in [0.2, 0.25) is 5.95 Å². The predicted molar refractivity (Wildman–Crippen MR) is 85.0 cm³/mol. The van der Waals surface area contributed by atoms with E-state index in [2.05, 4.69) is 15.3 Å². The Bertz CT molecular complexity index is 662. The van der Waals surface area contributed by atoms with Gasteiger partial charge in [0.25, 0.3) is 0 Å². The van der Waals surface area contributed by atoms with Crippen LogP contribution < -0.4 is 15.8 Å². The third-order valence-corrected chi connectivity index (χ3v) is 3.61. The summed E-state index contributed by atoms with van der Waals surface area (Å²) in [5.74, 6) is 0.988. The van der Waals surface area contributed by atoms with Gasteiger partial charge in [-0.1, -0.05) is 12.1 Å². The lowest BCUT2D eigenvalue weighted by Gasteiger charge is -2.12. The average Bonchev–Trinajstić information content (AvgIpc) is 3.07. The van der Waals surface area contributed by atoms with Gasteiger partial charge in [-0.2, -0.15) is 4.98 Å². The molecule has 0 aliphatic carbocycles. The number of anilines is 2. The molecule has 1 aromatic heterocycles. The summed E-state index contributed by atoms with van der Waals surface area (Å²) in [6.45, 7) is 2.19. The topological polar surface area (TPSA) is 82.3 Å². The molecule has 0 radical (unpaired) electrons. The molecule has 1 aromatic carbocycles. The second-order valence-corrected chi connectivity index (χ2v) is 5.30. The number of rotatable bonds is 6. The fourth-order valence-corrected chi connectivity index (χ4v) is 2.45. The van der Waals surface area contributed by atoms with E-state index in [1.807, 2.05) is 6.07 Å². The zero-order chi connectivity index (χ0) is 16.1. The van der Waals surface area contributed by atoms with Crippen LogP contribution in [0.2, 0.25) is 0 Å². The van der Waals surface area contributed by atoms with Gasteiger partial charge in [-0.15, -0.1) is 0 Å². The molecule has 1 fully saturated rings. The van der Waals surface area contributed by atoms with Crippen molar-refractivity contribution in [1.29, 1.82) is 0 Å². The molecular weight excluding hydrogens is 299 g/mol. The van der Waals surface area contributed by atoms with Crippen molar-refractivity contribution in [3.05, 3.63) is 41.8 Å². The minimum absolute atomic E-state index is 0.229. The van der Waals surface area contributed by atoms with Crippen molar-refractivity contribution in [3.8, 4) is 5.75 Å². The predicted octanol–water partition coefficient (Wildman–Crippen LogP) is 2.19. The number of nitrogens with two attached hydrogens (primary N) is 1. The van der Waals surface area contributed by atoms with Crippen LogP contribution in [0.25, 0.3) is 0 Å². The Hall–Kier alpha value is -2.41. The van der Waals surface area contributed by atoms with Gasteiger partial charge in [-0.3, -0.25) is 0 Å². The Morgan fingerprint density at radius 3 is 3.00 bits per heavy atom. The minimum atomic E-state index is -0.373. The molecule has 1 saturated heterocycles. The van der Waals surface area contributed by atoms with Crippen molar-refractivity contribution in [3.63, 3.8) is 0 Å². The van der Waals surface area contributed by atoms with E-state index in [1.165, 1.54) is 6.07 Å². The Labute approximate surface area is 133 Å². The Balaban J connectivity index is 1.54. The van der Waals surface area contributed by atoms with Crippen LogP contribution in [0.1, 0.15) is 18.0 Å². The summed E-state index contributed by atoms with van der Waals surface area (Å²) in [4.78, 5) is 8.42. The third kappa shape index (κ3) is 4.07. The number of halogens is 1. The average molecular weight is 318 g/mol. The standard InChI is InChI=1S/C16H19FN4O2/c17-12-3-1-2-4-14(12)23-8-6-19-15-9-13(20-16(18)21-15)11-5-7-22-10-11/h1-4,9,11H,5-8,10H2,(H3,18,19,20,21)/t11-/m0/s1. The molecule has 0 spiro atoms. The number of nitrogens with zero attached hydrogens (tertiary/aromatic N) is 2. The molecule has 23 heavy (non-hydrogen) atoms. The van der Waals surface area contributed by atoms with E-state index in [-0.39, 0.29) is 23.4 Å². The fourth-order valence-electron chi connectivity index (χ4n) is 2.45. The highest BCUT2D eigenvalue weighted by atomic mass is 19.1. The lowest BCUT2D eigenvalue weighted by atomic mass is 10.0. The number of benzene rings is 1. The molecule has 6 nitrogen and oxygen atoms in total. The van der Waals surface area contributed by atoms with E-state index in [1.54, 1.807) is 18.2 Å². The van der Waals surface area contributed by atoms with Crippen molar-refractivity contribution >= 4 is 11.8 Å². The highest BCUT2D eigenvalue weighted by Crippen LogP contribution is 2.25. The van der Waals surface area contributed by atoms with Gasteiger partial charge >= 0.3 is 0 Å². The molecule has 122 valence electrons. The van der Waals surface area contributed by atoms with Gasteiger partial charge in [0.05, 0.1) is 18.8 Å². The monoisotopic (exact) mass is 318 g/mol. The Morgan fingerprint density at radius 1 is 1.35 bits per heavy atom. The SMILES string of the molecule is Nc1nc(NCCOc2ccccc2F)cc([C@H]2CCOC2)n1. The highest BCUT2D eigenvalue weighted by molar-refractivity contribution is 5.41. The number of aromatic nitrogens is 2. The third-order valence-electron chi connectivity index (χ3n) is 3.61. The van der Waals surface area contributed by atoms with Gasteiger partial charge < -0.3 is 20.5 Å². The van der Waals surface area contributed by atoms with Crippen molar-refractivity contribution in [1.82, 2.24) is 9.97 Å². The van der Waals surface area contributed by atoms with E-state index in [9.17, 15) is 4.39 Å². The molecule has 3 N–H and O–H groups in total. The fraction of sp³-hybridized carbons (Fsp3) is 0.375. The minimum Gasteiger partial charge on any atom is -0.489 e. The summed E-state index contributed by atoms with van der Waals surface area (Å²) in [6.07, 6.45) is 0.937. The molecule has 1 atom stereocenters. The van der Waals surface area contributed by atoms with Crippen LogP contribution >= 0.6 is 0 Å². The lowest BCUT2D eigenvalue weighted by Crippen LogP contribution is -2.14. The second-order valence-electron chi connectivity index (χ2n) is 5.30. The maximum Gasteiger partial charge on any atom is 0.222 e. The summed E-state index contributed by atoms with van der Waals surface area (Å²) in [5.41, 5.74) is 6.64. The highest BCUT2D eigenvalue weighted by Gasteiger charge is 2.20. The molecule has 0 unspecified atom stereocenters. The number of para-hydroxylation sites is 1.